The van der Waals surface area contributed by atoms with Crippen molar-refractivity contribution in [2.75, 3.05) is 6.54 Å². The van der Waals surface area contributed by atoms with Crippen LogP contribution in [0.4, 0.5) is 0 Å². The lowest BCUT2D eigenvalue weighted by Gasteiger charge is -2.34. The zero-order valence-electron chi connectivity index (χ0n) is 13.2. The van der Waals surface area contributed by atoms with Crippen molar-refractivity contribution in [3.05, 3.63) is 33.8 Å². The average molecular weight is 328 g/mol. The van der Waals surface area contributed by atoms with Gasteiger partial charge in [-0.25, -0.2) is 0 Å². The van der Waals surface area contributed by atoms with Crippen LogP contribution >= 0.6 is 23.2 Å². The van der Waals surface area contributed by atoms with Crippen molar-refractivity contribution in [3.63, 3.8) is 0 Å². The average Bonchev–Trinajstić information content (AvgIpc) is 2.50. The molecule has 1 unspecified atom stereocenters. The number of hydrogen-bond donors (Lipinski definition) is 1. The summed E-state index contributed by atoms with van der Waals surface area (Å²) in [5.74, 6) is 1.71. The maximum absolute atomic E-state index is 6.34. The Morgan fingerprint density at radius 3 is 2.48 bits per heavy atom. The summed E-state index contributed by atoms with van der Waals surface area (Å²) in [6.07, 6.45) is 7.76. The fourth-order valence-corrected chi connectivity index (χ4v) is 3.99. The second kappa shape index (κ2) is 8.41. The minimum absolute atomic E-state index is 0.517. The smallest absolute Gasteiger partial charge is 0.0439 e. The van der Waals surface area contributed by atoms with Crippen LogP contribution in [0.15, 0.2) is 18.2 Å². The molecular formula is C18H27Cl2N. The predicted molar refractivity (Wildman–Crippen MR) is 93.4 cm³/mol. The first-order chi connectivity index (χ1) is 10.1. The van der Waals surface area contributed by atoms with Crippen molar-refractivity contribution in [1.82, 2.24) is 5.32 Å². The number of hydrogen-bond acceptors (Lipinski definition) is 1. The summed E-state index contributed by atoms with van der Waals surface area (Å²) in [5.41, 5.74) is 1.17. The van der Waals surface area contributed by atoms with Crippen LogP contribution in [0, 0.1) is 11.8 Å². The van der Waals surface area contributed by atoms with Gasteiger partial charge in [-0.3, -0.25) is 0 Å². The minimum Gasteiger partial charge on any atom is -0.314 e. The van der Waals surface area contributed by atoms with Crippen molar-refractivity contribution >= 4 is 23.2 Å². The van der Waals surface area contributed by atoms with Crippen LogP contribution in [-0.2, 0) is 6.42 Å². The second-order valence-electron chi connectivity index (χ2n) is 6.29. The summed E-state index contributed by atoms with van der Waals surface area (Å²) in [6.45, 7) is 5.51. The van der Waals surface area contributed by atoms with Gasteiger partial charge in [0.2, 0.25) is 0 Å². The van der Waals surface area contributed by atoms with Gasteiger partial charge in [0.05, 0.1) is 0 Å². The third kappa shape index (κ3) is 4.87. The lowest BCUT2D eigenvalue weighted by molar-refractivity contribution is 0.218. The lowest BCUT2D eigenvalue weighted by Crippen LogP contribution is -2.39. The highest BCUT2D eigenvalue weighted by atomic mass is 35.5. The number of rotatable bonds is 6. The van der Waals surface area contributed by atoms with E-state index >= 15 is 0 Å². The molecule has 1 nitrogen and oxygen atoms in total. The molecule has 118 valence electrons. The van der Waals surface area contributed by atoms with E-state index in [1.807, 2.05) is 18.2 Å². The molecule has 1 aromatic rings. The molecule has 1 aliphatic rings. The van der Waals surface area contributed by atoms with Crippen LogP contribution in [0.2, 0.25) is 10.0 Å². The Kier molecular flexibility index (Phi) is 6.85. The van der Waals surface area contributed by atoms with E-state index in [-0.39, 0.29) is 0 Å². The Morgan fingerprint density at radius 2 is 1.86 bits per heavy atom. The van der Waals surface area contributed by atoms with Crippen LogP contribution < -0.4 is 5.32 Å². The van der Waals surface area contributed by atoms with Gasteiger partial charge in [-0.2, -0.15) is 0 Å². The third-order valence-corrected chi connectivity index (χ3v) is 5.56. The number of benzene rings is 1. The first-order valence-corrected chi connectivity index (χ1v) is 9.06. The van der Waals surface area contributed by atoms with Crippen molar-refractivity contribution in [2.45, 2.75) is 58.4 Å². The minimum atomic E-state index is 0.517. The molecule has 2 rings (SSSR count). The van der Waals surface area contributed by atoms with Gasteiger partial charge in [0.1, 0.15) is 0 Å². The highest BCUT2D eigenvalue weighted by Gasteiger charge is 2.27. The molecular weight excluding hydrogens is 301 g/mol. The predicted octanol–water partition coefficient (Wildman–Crippen LogP) is 5.73. The Hall–Kier alpha value is -0.240. The molecule has 0 bridgehead atoms. The van der Waals surface area contributed by atoms with Crippen LogP contribution in [-0.4, -0.2) is 12.6 Å². The summed E-state index contributed by atoms with van der Waals surface area (Å²) >= 11 is 12.5. The normalized spacial score (nSPS) is 24.0. The molecule has 0 heterocycles. The fraction of sp³-hybridized carbons (Fsp3) is 0.667. The summed E-state index contributed by atoms with van der Waals surface area (Å²) in [4.78, 5) is 0. The van der Waals surface area contributed by atoms with E-state index in [1.54, 1.807) is 0 Å². The van der Waals surface area contributed by atoms with Gasteiger partial charge in [-0.15, -0.1) is 0 Å². The van der Waals surface area contributed by atoms with Crippen LogP contribution in [0.5, 0.6) is 0 Å². The summed E-state index contributed by atoms with van der Waals surface area (Å²) in [5, 5.41) is 5.29. The topological polar surface area (TPSA) is 12.0 Å². The van der Waals surface area contributed by atoms with E-state index in [2.05, 4.69) is 19.2 Å². The van der Waals surface area contributed by atoms with E-state index in [0.717, 1.165) is 34.8 Å². The molecule has 1 N–H and O–H groups in total. The van der Waals surface area contributed by atoms with E-state index < -0.39 is 0 Å². The molecule has 21 heavy (non-hydrogen) atoms. The number of halogens is 2. The molecule has 0 saturated heterocycles. The van der Waals surface area contributed by atoms with Crippen LogP contribution in [0.25, 0.3) is 0 Å². The maximum atomic E-state index is 6.34. The quantitative estimate of drug-likeness (QED) is 0.703. The van der Waals surface area contributed by atoms with Crippen molar-refractivity contribution in [3.8, 4) is 0 Å². The molecule has 1 fully saturated rings. The molecule has 3 heteroatoms. The van der Waals surface area contributed by atoms with Crippen LogP contribution in [0.3, 0.4) is 0 Å². The molecule has 0 amide bonds. The van der Waals surface area contributed by atoms with Gasteiger partial charge in [0, 0.05) is 16.1 Å². The fourth-order valence-electron chi connectivity index (χ4n) is 3.60. The van der Waals surface area contributed by atoms with Crippen LogP contribution in [0.1, 0.15) is 51.5 Å². The Morgan fingerprint density at radius 1 is 1.14 bits per heavy atom. The van der Waals surface area contributed by atoms with E-state index in [9.17, 15) is 0 Å². The number of likely N-dealkylation sites (N-methyl/N-ethyl adjacent to an activating group) is 1. The maximum Gasteiger partial charge on any atom is 0.0439 e. The second-order valence-corrected chi connectivity index (χ2v) is 7.14. The van der Waals surface area contributed by atoms with E-state index in [1.165, 1.54) is 37.7 Å². The molecule has 1 atom stereocenters. The zero-order chi connectivity index (χ0) is 15.2. The highest BCUT2D eigenvalue weighted by Crippen LogP contribution is 2.34. The third-order valence-electron chi connectivity index (χ3n) is 4.95. The van der Waals surface area contributed by atoms with Gasteiger partial charge in [-0.05, 0) is 61.4 Å². The van der Waals surface area contributed by atoms with Gasteiger partial charge < -0.3 is 5.32 Å². The Labute approximate surface area is 139 Å². The van der Waals surface area contributed by atoms with Crippen molar-refractivity contribution in [1.29, 1.82) is 0 Å². The van der Waals surface area contributed by atoms with Crippen molar-refractivity contribution < 1.29 is 0 Å². The summed E-state index contributed by atoms with van der Waals surface area (Å²) < 4.78 is 0. The first-order valence-electron chi connectivity index (χ1n) is 8.31. The molecule has 0 spiro atoms. The Bertz CT molecular complexity index is 439. The molecule has 0 aliphatic heterocycles. The number of nitrogens with one attached hydrogen (secondary N) is 1. The van der Waals surface area contributed by atoms with Gasteiger partial charge in [-0.1, -0.05) is 56.3 Å². The SMILES string of the molecule is CCNC(Cc1cc(Cl)ccc1Cl)C1CCC(CC)CC1. The standard InChI is InChI=1S/C18H27Cl2N/c1-3-13-5-7-14(8-6-13)18(21-4-2)12-15-11-16(19)9-10-17(15)20/h9-11,13-14,18,21H,3-8,12H2,1-2H3. The van der Waals surface area contributed by atoms with E-state index in [0.29, 0.717) is 6.04 Å². The largest absolute Gasteiger partial charge is 0.314 e. The molecule has 1 aliphatic carbocycles. The van der Waals surface area contributed by atoms with Gasteiger partial charge in [0.15, 0.2) is 0 Å². The van der Waals surface area contributed by atoms with Gasteiger partial charge >= 0.3 is 0 Å². The molecule has 0 radical (unpaired) electrons. The molecule has 1 aromatic carbocycles. The van der Waals surface area contributed by atoms with Gasteiger partial charge in [0.25, 0.3) is 0 Å². The monoisotopic (exact) mass is 327 g/mol. The zero-order valence-corrected chi connectivity index (χ0v) is 14.7. The highest BCUT2D eigenvalue weighted by molar-refractivity contribution is 6.33. The molecule has 0 aromatic heterocycles. The Balaban J connectivity index is 2.03. The lowest BCUT2D eigenvalue weighted by atomic mass is 9.76. The van der Waals surface area contributed by atoms with Crippen molar-refractivity contribution in [2.24, 2.45) is 11.8 Å². The van der Waals surface area contributed by atoms with E-state index in [4.69, 9.17) is 23.2 Å². The molecule has 1 saturated carbocycles. The summed E-state index contributed by atoms with van der Waals surface area (Å²) in [7, 11) is 0. The summed E-state index contributed by atoms with van der Waals surface area (Å²) in [6, 6.07) is 6.31. The first kappa shape index (κ1) is 17.1.